The molecule has 0 atom stereocenters. The highest BCUT2D eigenvalue weighted by Gasteiger charge is 2.33. The Hall–Kier alpha value is -2.73. The summed E-state index contributed by atoms with van der Waals surface area (Å²) in [7, 11) is -3.52. The number of anilines is 2. The molecule has 4 rings (SSSR count). The van der Waals surface area contributed by atoms with Crippen molar-refractivity contribution in [3.8, 4) is 11.7 Å². The highest BCUT2D eigenvalue weighted by atomic mass is 35.5. The van der Waals surface area contributed by atoms with Crippen molar-refractivity contribution in [2.45, 2.75) is 32.2 Å². The standard InChI is InChI=1S/C19H20ClF2N5O4S/c1-2-32(28,29)27(14-5-3-4-12(20)10-14)13-6-8-26(9-7-13)19-23-11-15(30-19)17-24-25-18(31-17)16(21)22/h3-5,10-11,13,16H,2,6-9H2,1H3. The van der Waals surface area contributed by atoms with Crippen molar-refractivity contribution in [2.75, 3.05) is 28.0 Å². The second-order valence-corrected chi connectivity index (χ2v) is 9.72. The zero-order valence-electron chi connectivity index (χ0n) is 17.0. The molecule has 0 aliphatic carbocycles. The number of alkyl halides is 2. The van der Waals surface area contributed by atoms with Crippen LogP contribution in [0.3, 0.4) is 0 Å². The molecule has 32 heavy (non-hydrogen) atoms. The summed E-state index contributed by atoms with van der Waals surface area (Å²) in [4.78, 5) is 6.02. The fourth-order valence-electron chi connectivity index (χ4n) is 3.57. The Morgan fingerprint density at radius 2 is 2.00 bits per heavy atom. The second-order valence-electron chi connectivity index (χ2n) is 7.15. The first-order valence-electron chi connectivity index (χ1n) is 9.89. The van der Waals surface area contributed by atoms with Gasteiger partial charge in [-0.2, -0.15) is 8.78 Å². The molecule has 1 aliphatic rings. The Morgan fingerprint density at radius 1 is 1.25 bits per heavy atom. The topological polar surface area (TPSA) is 106 Å². The summed E-state index contributed by atoms with van der Waals surface area (Å²) in [6.07, 6.45) is -0.497. The van der Waals surface area contributed by atoms with E-state index in [1.165, 1.54) is 10.5 Å². The van der Waals surface area contributed by atoms with Gasteiger partial charge in [0.15, 0.2) is 0 Å². The van der Waals surface area contributed by atoms with Gasteiger partial charge in [0.2, 0.25) is 15.8 Å². The van der Waals surface area contributed by atoms with E-state index in [2.05, 4.69) is 15.2 Å². The van der Waals surface area contributed by atoms with Gasteiger partial charge in [-0.15, -0.1) is 10.2 Å². The SMILES string of the molecule is CCS(=O)(=O)N(c1cccc(Cl)c1)C1CCN(c2ncc(-c3nnc(C(F)F)o3)o2)CC1. The molecule has 3 aromatic rings. The van der Waals surface area contributed by atoms with Gasteiger partial charge >= 0.3 is 6.43 Å². The van der Waals surface area contributed by atoms with Crippen LogP contribution in [0.15, 0.2) is 39.3 Å². The quantitative estimate of drug-likeness (QED) is 0.489. The van der Waals surface area contributed by atoms with Crippen molar-refractivity contribution < 1.29 is 26.0 Å². The van der Waals surface area contributed by atoms with E-state index >= 15 is 0 Å². The lowest BCUT2D eigenvalue weighted by atomic mass is 10.0. The molecule has 0 saturated carbocycles. The molecule has 0 radical (unpaired) electrons. The number of aromatic nitrogens is 3. The van der Waals surface area contributed by atoms with Crippen LogP contribution < -0.4 is 9.21 Å². The van der Waals surface area contributed by atoms with Crippen LogP contribution in [0.1, 0.15) is 32.1 Å². The number of oxazole rings is 1. The number of halogens is 3. The van der Waals surface area contributed by atoms with Gasteiger partial charge in [0.1, 0.15) is 0 Å². The second kappa shape index (κ2) is 9.02. The predicted molar refractivity (Wildman–Crippen MR) is 113 cm³/mol. The zero-order valence-corrected chi connectivity index (χ0v) is 18.6. The number of piperidine rings is 1. The summed E-state index contributed by atoms with van der Waals surface area (Å²) in [5.74, 6) is -0.934. The molecule has 0 amide bonds. The predicted octanol–water partition coefficient (Wildman–Crippen LogP) is 4.14. The Morgan fingerprint density at radius 3 is 2.62 bits per heavy atom. The van der Waals surface area contributed by atoms with Gasteiger partial charge < -0.3 is 13.7 Å². The molecule has 0 N–H and O–H groups in total. The molecule has 172 valence electrons. The van der Waals surface area contributed by atoms with Crippen LogP contribution in [0, 0.1) is 0 Å². The molecular formula is C19H20ClF2N5O4S. The van der Waals surface area contributed by atoms with E-state index in [-0.39, 0.29) is 29.5 Å². The van der Waals surface area contributed by atoms with Crippen molar-refractivity contribution in [1.82, 2.24) is 15.2 Å². The van der Waals surface area contributed by atoms with Crippen LogP contribution in [-0.4, -0.2) is 48.5 Å². The molecule has 1 saturated heterocycles. The molecule has 1 aromatic carbocycles. The summed E-state index contributed by atoms with van der Waals surface area (Å²) in [5.41, 5.74) is 0.530. The Bertz CT molecular complexity index is 1180. The summed E-state index contributed by atoms with van der Waals surface area (Å²) in [6, 6.07) is 6.79. The molecule has 3 heterocycles. The molecule has 9 nitrogen and oxygen atoms in total. The molecule has 1 aliphatic heterocycles. The lowest BCUT2D eigenvalue weighted by Crippen LogP contribution is -2.48. The van der Waals surface area contributed by atoms with Gasteiger partial charge in [-0.3, -0.25) is 4.31 Å². The monoisotopic (exact) mass is 487 g/mol. The molecule has 0 spiro atoms. The molecule has 13 heteroatoms. The minimum Gasteiger partial charge on any atom is -0.418 e. The Kier molecular flexibility index (Phi) is 6.33. The normalized spacial score (nSPS) is 15.5. The number of hydrogen-bond acceptors (Lipinski definition) is 8. The maximum Gasteiger partial charge on any atom is 0.314 e. The van der Waals surface area contributed by atoms with Crippen molar-refractivity contribution in [1.29, 1.82) is 0 Å². The van der Waals surface area contributed by atoms with E-state index in [1.807, 2.05) is 4.90 Å². The largest absolute Gasteiger partial charge is 0.418 e. The smallest absolute Gasteiger partial charge is 0.314 e. The van der Waals surface area contributed by atoms with Crippen molar-refractivity contribution >= 4 is 33.3 Å². The van der Waals surface area contributed by atoms with Gasteiger partial charge in [0, 0.05) is 24.2 Å². The molecular weight excluding hydrogens is 468 g/mol. The number of sulfonamides is 1. The third-order valence-corrected chi connectivity index (χ3v) is 7.20. The minimum atomic E-state index is -3.52. The van der Waals surface area contributed by atoms with Gasteiger partial charge in [-0.05, 0) is 38.0 Å². The summed E-state index contributed by atoms with van der Waals surface area (Å²) >= 11 is 6.09. The van der Waals surface area contributed by atoms with Crippen LogP contribution >= 0.6 is 11.6 Å². The fourth-order valence-corrected chi connectivity index (χ4v) is 5.14. The lowest BCUT2D eigenvalue weighted by molar-refractivity contribution is 0.115. The van der Waals surface area contributed by atoms with Crippen LogP contribution in [0.2, 0.25) is 5.02 Å². The van der Waals surface area contributed by atoms with Gasteiger partial charge in [-0.25, -0.2) is 13.4 Å². The van der Waals surface area contributed by atoms with Crippen LogP contribution in [0.4, 0.5) is 20.5 Å². The number of rotatable bonds is 7. The van der Waals surface area contributed by atoms with Crippen LogP contribution in [0.5, 0.6) is 0 Å². The van der Waals surface area contributed by atoms with E-state index in [4.69, 9.17) is 20.4 Å². The average molecular weight is 488 g/mol. The van der Waals surface area contributed by atoms with Crippen LogP contribution in [-0.2, 0) is 10.0 Å². The fraction of sp³-hybridized carbons (Fsp3) is 0.421. The van der Waals surface area contributed by atoms with Crippen molar-refractivity contribution in [3.05, 3.63) is 41.4 Å². The lowest BCUT2D eigenvalue weighted by Gasteiger charge is -2.38. The van der Waals surface area contributed by atoms with E-state index in [0.29, 0.717) is 36.6 Å². The number of nitrogens with zero attached hydrogens (tertiary/aromatic N) is 5. The average Bonchev–Trinajstić information content (AvgIpc) is 3.44. The first-order valence-corrected chi connectivity index (χ1v) is 11.9. The minimum absolute atomic E-state index is 0.0341. The first-order chi connectivity index (χ1) is 15.3. The highest BCUT2D eigenvalue weighted by Crippen LogP contribution is 2.32. The van der Waals surface area contributed by atoms with E-state index in [9.17, 15) is 17.2 Å². The maximum atomic E-state index is 12.8. The van der Waals surface area contributed by atoms with Gasteiger partial charge in [-0.1, -0.05) is 17.7 Å². The number of benzene rings is 1. The van der Waals surface area contributed by atoms with Gasteiger partial charge in [0.05, 0.1) is 17.6 Å². The Balaban J connectivity index is 1.49. The maximum absolute atomic E-state index is 12.8. The van der Waals surface area contributed by atoms with E-state index in [1.54, 1.807) is 31.2 Å². The Labute approximate surface area is 188 Å². The molecule has 2 aromatic heterocycles. The number of hydrogen-bond donors (Lipinski definition) is 0. The third kappa shape index (κ3) is 4.56. The molecule has 0 unspecified atom stereocenters. The highest BCUT2D eigenvalue weighted by molar-refractivity contribution is 7.92. The van der Waals surface area contributed by atoms with E-state index in [0.717, 1.165) is 0 Å². The molecule has 0 bridgehead atoms. The van der Waals surface area contributed by atoms with Crippen LogP contribution in [0.25, 0.3) is 11.7 Å². The summed E-state index contributed by atoms with van der Waals surface area (Å²) < 4.78 is 62.9. The summed E-state index contributed by atoms with van der Waals surface area (Å²) in [6.45, 7) is 2.56. The first kappa shape index (κ1) is 22.5. The summed E-state index contributed by atoms with van der Waals surface area (Å²) in [5, 5.41) is 7.27. The van der Waals surface area contributed by atoms with E-state index < -0.39 is 22.3 Å². The van der Waals surface area contributed by atoms with Crippen molar-refractivity contribution in [3.63, 3.8) is 0 Å². The molecule has 1 fully saturated rings. The van der Waals surface area contributed by atoms with Gasteiger partial charge in [0.25, 0.3) is 17.8 Å². The zero-order chi connectivity index (χ0) is 22.9. The van der Waals surface area contributed by atoms with Crippen molar-refractivity contribution in [2.24, 2.45) is 0 Å². The third-order valence-electron chi connectivity index (χ3n) is 5.13.